The van der Waals surface area contributed by atoms with Crippen molar-refractivity contribution in [3.05, 3.63) is 0 Å². The summed E-state index contributed by atoms with van der Waals surface area (Å²) in [5, 5.41) is 45.5. The van der Waals surface area contributed by atoms with Crippen molar-refractivity contribution in [1.29, 1.82) is 5.41 Å². The molecule has 0 spiro atoms. The molecular weight excluding hydrogens is 256 g/mol. The minimum absolute atomic E-state index is 0.228. The monoisotopic (exact) mass is 274 g/mol. The van der Waals surface area contributed by atoms with Crippen LogP contribution in [-0.2, 0) is 0 Å². The summed E-state index contributed by atoms with van der Waals surface area (Å²) in [5.74, 6) is -0.813. The second-order valence-corrected chi connectivity index (χ2v) is 3.51. The molecule has 0 radical (unpaired) electrons. The summed E-state index contributed by atoms with van der Waals surface area (Å²) >= 11 is 0. The quantitative estimate of drug-likeness (QED) is 0.137. The molecule has 0 aliphatic rings. The maximum absolute atomic E-state index is 9.73. The molecule has 0 aromatic carbocycles. The maximum atomic E-state index is 9.73. The highest BCUT2D eigenvalue weighted by molar-refractivity contribution is 6.32. The molecule has 0 saturated heterocycles. The summed E-state index contributed by atoms with van der Waals surface area (Å²) in [6.07, 6.45) is -3.37. The van der Waals surface area contributed by atoms with E-state index in [1.165, 1.54) is 6.92 Å². The Balaban J connectivity index is 5.05. The van der Waals surface area contributed by atoms with E-state index < -0.39 is 24.3 Å². The van der Waals surface area contributed by atoms with Gasteiger partial charge in [0.1, 0.15) is 17.9 Å². The van der Waals surface area contributed by atoms with Crippen LogP contribution in [-0.4, -0.2) is 57.5 Å². The molecule has 3 atom stereocenters. The third-order valence-corrected chi connectivity index (χ3v) is 1.79. The van der Waals surface area contributed by atoms with Crippen molar-refractivity contribution in [2.75, 3.05) is 0 Å². The van der Waals surface area contributed by atoms with Gasteiger partial charge in [0.15, 0.2) is 0 Å². The number of aliphatic hydroxyl groups excluding tert-OH is 3. The summed E-state index contributed by atoms with van der Waals surface area (Å²) < 4.78 is 0. The van der Waals surface area contributed by atoms with Gasteiger partial charge in [-0.15, -0.1) is 5.10 Å². The summed E-state index contributed by atoms with van der Waals surface area (Å²) in [7, 11) is 0. The van der Waals surface area contributed by atoms with E-state index in [4.69, 9.17) is 27.7 Å². The fourth-order valence-electron chi connectivity index (χ4n) is 0.890. The molecule has 3 unspecified atom stereocenters. The Labute approximate surface area is 109 Å². The predicted molar refractivity (Wildman–Crippen MR) is 70.5 cm³/mol. The number of aliphatic hydroxyl groups is 3. The van der Waals surface area contributed by atoms with E-state index in [0.29, 0.717) is 0 Å². The van der Waals surface area contributed by atoms with Crippen molar-refractivity contribution in [3.8, 4) is 0 Å². The molecule has 11 heteroatoms. The first-order valence-electron chi connectivity index (χ1n) is 5.09. The van der Waals surface area contributed by atoms with Crippen LogP contribution in [0.3, 0.4) is 0 Å². The number of nitrogens with one attached hydrogen (secondary N) is 2. The number of hydrazone groups is 1. The van der Waals surface area contributed by atoms with Crippen molar-refractivity contribution >= 4 is 23.8 Å². The van der Waals surface area contributed by atoms with Gasteiger partial charge in [0.2, 0.25) is 11.9 Å². The fourth-order valence-corrected chi connectivity index (χ4v) is 0.890. The van der Waals surface area contributed by atoms with Crippen LogP contribution in [0.4, 0.5) is 0 Å². The molecule has 0 heterocycles. The molecule has 0 aliphatic heterocycles. The lowest BCUT2D eigenvalue weighted by Crippen LogP contribution is -2.43. The van der Waals surface area contributed by atoms with Crippen LogP contribution in [0.1, 0.15) is 6.92 Å². The molecule has 19 heavy (non-hydrogen) atoms. The average Bonchev–Trinajstić information content (AvgIpc) is 2.30. The maximum Gasteiger partial charge on any atom is 0.211 e. The van der Waals surface area contributed by atoms with Gasteiger partial charge in [-0.1, -0.05) is 0 Å². The highest BCUT2D eigenvalue weighted by Gasteiger charge is 2.25. The predicted octanol–water partition coefficient (Wildman–Crippen LogP) is -3.81. The van der Waals surface area contributed by atoms with Crippen molar-refractivity contribution in [2.45, 2.75) is 25.2 Å². The van der Waals surface area contributed by atoms with E-state index in [2.05, 4.69) is 20.7 Å². The SMILES string of the molecule is CC(O)C(O)C(O)C(C=NN=C(N)N)=NNC(=N)N. The van der Waals surface area contributed by atoms with Gasteiger partial charge in [0.05, 0.1) is 12.3 Å². The highest BCUT2D eigenvalue weighted by atomic mass is 16.4. The highest BCUT2D eigenvalue weighted by Crippen LogP contribution is 2.01. The molecule has 0 rings (SSSR count). The largest absolute Gasteiger partial charge is 0.391 e. The first kappa shape index (κ1) is 16.8. The molecule has 0 saturated carbocycles. The summed E-state index contributed by atoms with van der Waals surface area (Å²) in [6.45, 7) is 1.27. The van der Waals surface area contributed by atoms with Gasteiger partial charge in [0, 0.05) is 0 Å². The van der Waals surface area contributed by atoms with E-state index in [1.807, 2.05) is 0 Å². The van der Waals surface area contributed by atoms with Gasteiger partial charge in [0.25, 0.3) is 0 Å². The van der Waals surface area contributed by atoms with Gasteiger partial charge in [-0.2, -0.15) is 10.2 Å². The zero-order valence-corrected chi connectivity index (χ0v) is 10.2. The number of guanidine groups is 2. The van der Waals surface area contributed by atoms with E-state index in [-0.39, 0.29) is 11.7 Å². The summed E-state index contributed by atoms with van der Waals surface area (Å²) in [6, 6.07) is 0. The van der Waals surface area contributed by atoms with Crippen molar-refractivity contribution in [3.63, 3.8) is 0 Å². The second-order valence-electron chi connectivity index (χ2n) is 3.51. The van der Waals surface area contributed by atoms with Crippen LogP contribution >= 0.6 is 0 Å². The van der Waals surface area contributed by atoms with Crippen LogP contribution < -0.4 is 22.6 Å². The van der Waals surface area contributed by atoms with E-state index in [1.54, 1.807) is 0 Å². The van der Waals surface area contributed by atoms with Crippen LogP contribution in [0.2, 0.25) is 0 Å². The van der Waals surface area contributed by atoms with Crippen molar-refractivity contribution in [2.24, 2.45) is 32.5 Å². The number of nitrogens with zero attached hydrogens (tertiary/aromatic N) is 3. The van der Waals surface area contributed by atoms with Crippen molar-refractivity contribution < 1.29 is 15.3 Å². The van der Waals surface area contributed by atoms with Gasteiger partial charge in [-0.25, -0.2) is 5.43 Å². The Morgan fingerprint density at radius 3 is 2.26 bits per heavy atom. The standard InChI is InChI=1S/C8H18N8O3/c1-3(17)5(18)6(19)4(14-16-8(11)12)2-13-15-7(9)10/h2-3,5-6,17-19H,1H3,(H4,9,10,15)(H4,11,12,16). The molecule has 0 aromatic rings. The van der Waals surface area contributed by atoms with Crippen molar-refractivity contribution in [1.82, 2.24) is 5.43 Å². The molecule has 0 amide bonds. The lowest BCUT2D eigenvalue weighted by molar-refractivity contribution is -0.0250. The molecule has 11 N–H and O–H groups in total. The first-order chi connectivity index (χ1) is 8.75. The molecule has 0 bridgehead atoms. The lowest BCUT2D eigenvalue weighted by atomic mass is 10.1. The molecule has 0 aliphatic carbocycles. The third-order valence-electron chi connectivity index (χ3n) is 1.79. The molecular formula is C8H18N8O3. The molecule has 0 aromatic heterocycles. The Kier molecular flexibility index (Phi) is 7.03. The van der Waals surface area contributed by atoms with E-state index >= 15 is 0 Å². The fraction of sp³-hybridized carbons (Fsp3) is 0.500. The van der Waals surface area contributed by atoms with Crippen LogP contribution in [0.5, 0.6) is 0 Å². The van der Waals surface area contributed by atoms with Crippen LogP contribution in [0, 0.1) is 5.41 Å². The minimum atomic E-state index is -1.58. The van der Waals surface area contributed by atoms with Crippen LogP contribution in [0.15, 0.2) is 15.3 Å². The lowest BCUT2D eigenvalue weighted by Gasteiger charge is -2.19. The third kappa shape index (κ3) is 6.92. The minimum Gasteiger partial charge on any atom is -0.391 e. The molecule has 108 valence electrons. The summed E-state index contributed by atoms with van der Waals surface area (Å²) in [4.78, 5) is 0. The zero-order chi connectivity index (χ0) is 15.0. The average molecular weight is 274 g/mol. The Morgan fingerprint density at radius 2 is 1.84 bits per heavy atom. The Morgan fingerprint density at radius 1 is 1.26 bits per heavy atom. The molecule has 0 fully saturated rings. The molecule has 11 nitrogen and oxygen atoms in total. The number of nitrogens with two attached hydrogens (primary N) is 3. The van der Waals surface area contributed by atoms with Crippen LogP contribution in [0.25, 0.3) is 0 Å². The van der Waals surface area contributed by atoms with E-state index in [0.717, 1.165) is 6.21 Å². The van der Waals surface area contributed by atoms with Gasteiger partial charge < -0.3 is 32.5 Å². The normalized spacial score (nSPS) is 16.7. The second kappa shape index (κ2) is 7.97. The topological polar surface area (TPSA) is 212 Å². The van der Waals surface area contributed by atoms with Gasteiger partial charge in [-0.05, 0) is 6.92 Å². The number of hydrogen-bond donors (Lipinski definition) is 8. The summed E-state index contributed by atoms with van der Waals surface area (Å²) in [5.41, 5.74) is 16.9. The van der Waals surface area contributed by atoms with Gasteiger partial charge in [-0.3, -0.25) is 5.41 Å². The number of rotatable bonds is 6. The smallest absolute Gasteiger partial charge is 0.211 e. The number of hydrogen-bond acceptors (Lipinski definition) is 7. The van der Waals surface area contributed by atoms with Gasteiger partial charge >= 0.3 is 0 Å². The van der Waals surface area contributed by atoms with E-state index in [9.17, 15) is 10.2 Å². The Hall–Kier alpha value is -2.24. The Bertz CT molecular complexity index is 387. The first-order valence-corrected chi connectivity index (χ1v) is 5.09. The zero-order valence-electron chi connectivity index (χ0n) is 10.2.